The monoisotopic (exact) mass is 740 g/mol. The Hall–Kier alpha value is -7.42. The second-order valence-electron chi connectivity index (χ2n) is 15.6. The fourth-order valence-corrected chi connectivity index (χ4v) is 9.14. The van der Waals surface area contributed by atoms with Crippen LogP contribution in [0, 0.1) is 13.8 Å². The van der Waals surface area contributed by atoms with Crippen LogP contribution in [0.25, 0.3) is 99.5 Å². The summed E-state index contributed by atoms with van der Waals surface area (Å²) in [6.07, 6.45) is 0. The van der Waals surface area contributed by atoms with Crippen molar-refractivity contribution in [1.82, 2.24) is 9.13 Å². The third-order valence-electron chi connectivity index (χ3n) is 11.7. The molecule has 0 atom stereocenters. The van der Waals surface area contributed by atoms with Gasteiger partial charge in [0.25, 0.3) is 0 Å². The minimum atomic E-state index is 1.14. The standard InChI is InChI=1S/C56H40N2/c1-37-29-38(2)31-43(30-37)46-33-44(39-13-5-3-6-14-39)32-45(34-46)40-21-25-48(26-22-40)58-54-20-12-10-18-50(54)52-36-42(24-28-56(52)58)41-23-27-55-51(35-41)49-17-9-11-19-53(49)57(55)47-15-7-4-8-16-47/h3-36H,1-2H3. The van der Waals surface area contributed by atoms with E-state index < -0.39 is 0 Å². The molecule has 58 heavy (non-hydrogen) atoms. The third kappa shape index (κ3) is 5.73. The molecule has 274 valence electrons. The quantitative estimate of drug-likeness (QED) is 0.161. The van der Waals surface area contributed by atoms with Crippen molar-refractivity contribution >= 4 is 43.6 Å². The Morgan fingerprint density at radius 2 is 0.621 bits per heavy atom. The van der Waals surface area contributed by atoms with E-state index in [0.717, 1.165) is 5.69 Å². The maximum Gasteiger partial charge on any atom is 0.0541 e. The van der Waals surface area contributed by atoms with Crippen molar-refractivity contribution in [3.05, 3.63) is 217 Å². The van der Waals surface area contributed by atoms with Crippen LogP contribution < -0.4 is 0 Å². The predicted molar refractivity (Wildman–Crippen MR) is 246 cm³/mol. The number of aromatic nitrogens is 2. The fourth-order valence-electron chi connectivity index (χ4n) is 9.14. The van der Waals surface area contributed by atoms with Gasteiger partial charge in [0.1, 0.15) is 0 Å². The predicted octanol–water partition coefficient (Wildman–Crippen LogP) is 15.2. The lowest BCUT2D eigenvalue weighted by Gasteiger charge is -2.14. The molecule has 0 N–H and O–H groups in total. The first kappa shape index (κ1) is 33.9. The van der Waals surface area contributed by atoms with E-state index in [1.54, 1.807) is 0 Å². The number of para-hydroxylation sites is 3. The maximum absolute atomic E-state index is 2.41. The average Bonchev–Trinajstić information content (AvgIpc) is 3.79. The molecule has 0 bridgehead atoms. The van der Waals surface area contributed by atoms with Gasteiger partial charge in [0.2, 0.25) is 0 Å². The van der Waals surface area contributed by atoms with Crippen LogP contribution in [0.15, 0.2) is 206 Å². The molecule has 0 unspecified atom stereocenters. The number of hydrogen-bond acceptors (Lipinski definition) is 0. The normalized spacial score (nSPS) is 11.6. The highest BCUT2D eigenvalue weighted by atomic mass is 15.0. The van der Waals surface area contributed by atoms with Crippen LogP contribution in [-0.2, 0) is 0 Å². The van der Waals surface area contributed by atoms with Crippen LogP contribution in [-0.4, -0.2) is 9.13 Å². The van der Waals surface area contributed by atoms with Crippen molar-refractivity contribution in [1.29, 1.82) is 0 Å². The van der Waals surface area contributed by atoms with Gasteiger partial charge in [-0.1, -0.05) is 139 Å². The van der Waals surface area contributed by atoms with Crippen LogP contribution in [0.5, 0.6) is 0 Å². The van der Waals surface area contributed by atoms with Gasteiger partial charge in [0.05, 0.1) is 22.1 Å². The van der Waals surface area contributed by atoms with Crippen molar-refractivity contribution < 1.29 is 0 Å². The van der Waals surface area contributed by atoms with E-state index in [-0.39, 0.29) is 0 Å². The molecular formula is C56H40N2. The minimum Gasteiger partial charge on any atom is -0.309 e. The van der Waals surface area contributed by atoms with Crippen LogP contribution in [0.4, 0.5) is 0 Å². The first-order valence-electron chi connectivity index (χ1n) is 20.1. The largest absolute Gasteiger partial charge is 0.309 e. The molecule has 0 aliphatic rings. The first-order chi connectivity index (χ1) is 28.6. The Morgan fingerprint density at radius 1 is 0.241 bits per heavy atom. The first-order valence-corrected chi connectivity index (χ1v) is 20.1. The molecule has 11 rings (SSSR count). The smallest absolute Gasteiger partial charge is 0.0541 e. The van der Waals surface area contributed by atoms with Gasteiger partial charge in [-0.15, -0.1) is 0 Å². The number of benzene rings is 9. The minimum absolute atomic E-state index is 1.14. The molecule has 0 aliphatic carbocycles. The van der Waals surface area contributed by atoms with Gasteiger partial charge in [-0.25, -0.2) is 0 Å². The lowest BCUT2D eigenvalue weighted by atomic mass is 9.92. The number of aryl methyl sites for hydroxylation is 2. The molecule has 2 heteroatoms. The zero-order valence-electron chi connectivity index (χ0n) is 32.5. The topological polar surface area (TPSA) is 9.86 Å². The summed E-state index contributed by atoms with van der Waals surface area (Å²) in [6, 6.07) is 75.7. The highest BCUT2D eigenvalue weighted by Gasteiger charge is 2.17. The maximum atomic E-state index is 2.41. The lowest BCUT2D eigenvalue weighted by Crippen LogP contribution is -1.94. The Balaban J connectivity index is 1.01. The Morgan fingerprint density at radius 3 is 1.16 bits per heavy atom. The summed E-state index contributed by atoms with van der Waals surface area (Å²) in [5, 5.41) is 5.02. The second kappa shape index (κ2) is 13.7. The summed E-state index contributed by atoms with van der Waals surface area (Å²) >= 11 is 0. The summed E-state index contributed by atoms with van der Waals surface area (Å²) < 4.78 is 4.79. The summed E-state index contributed by atoms with van der Waals surface area (Å²) in [6.45, 7) is 4.36. The third-order valence-corrected chi connectivity index (χ3v) is 11.7. The molecule has 0 amide bonds. The Labute approximate surface area is 338 Å². The molecule has 9 aromatic carbocycles. The van der Waals surface area contributed by atoms with E-state index in [9.17, 15) is 0 Å². The molecule has 2 heterocycles. The van der Waals surface area contributed by atoms with E-state index in [0.29, 0.717) is 0 Å². The van der Waals surface area contributed by atoms with Crippen LogP contribution in [0.3, 0.4) is 0 Å². The zero-order valence-corrected chi connectivity index (χ0v) is 32.5. The summed E-state index contributed by atoms with van der Waals surface area (Å²) in [4.78, 5) is 0. The molecular weight excluding hydrogens is 701 g/mol. The van der Waals surface area contributed by atoms with Gasteiger partial charge in [-0.3, -0.25) is 0 Å². The van der Waals surface area contributed by atoms with Crippen molar-refractivity contribution in [3.8, 4) is 55.9 Å². The molecule has 0 saturated carbocycles. The zero-order chi connectivity index (χ0) is 38.7. The van der Waals surface area contributed by atoms with Crippen LogP contribution >= 0.6 is 0 Å². The van der Waals surface area contributed by atoms with Crippen LogP contribution in [0.1, 0.15) is 11.1 Å². The molecule has 11 aromatic rings. The molecule has 0 spiro atoms. The molecule has 2 nitrogen and oxygen atoms in total. The number of rotatable bonds is 6. The van der Waals surface area contributed by atoms with Crippen molar-refractivity contribution in [2.24, 2.45) is 0 Å². The Kier molecular flexibility index (Phi) is 7.97. The van der Waals surface area contributed by atoms with Gasteiger partial charge in [0, 0.05) is 32.9 Å². The Bertz CT molecular complexity index is 3310. The summed E-state index contributed by atoms with van der Waals surface area (Å²) in [5.74, 6) is 0. The molecule has 2 aromatic heterocycles. The van der Waals surface area contributed by atoms with E-state index in [2.05, 4.69) is 229 Å². The van der Waals surface area contributed by atoms with Crippen molar-refractivity contribution in [2.45, 2.75) is 13.8 Å². The number of nitrogens with zero attached hydrogens (tertiary/aromatic N) is 2. The average molecular weight is 741 g/mol. The molecule has 0 aliphatic heterocycles. The van der Waals surface area contributed by atoms with Crippen LogP contribution in [0.2, 0.25) is 0 Å². The van der Waals surface area contributed by atoms with E-state index >= 15 is 0 Å². The highest BCUT2D eigenvalue weighted by Crippen LogP contribution is 2.39. The second-order valence-corrected chi connectivity index (χ2v) is 15.6. The molecule has 0 saturated heterocycles. The molecule has 0 fully saturated rings. The number of hydrogen-bond donors (Lipinski definition) is 0. The van der Waals surface area contributed by atoms with Gasteiger partial charge in [-0.05, 0) is 137 Å². The van der Waals surface area contributed by atoms with E-state index in [4.69, 9.17) is 0 Å². The van der Waals surface area contributed by atoms with Crippen molar-refractivity contribution in [3.63, 3.8) is 0 Å². The summed E-state index contributed by atoms with van der Waals surface area (Å²) in [7, 11) is 0. The van der Waals surface area contributed by atoms with E-state index in [1.165, 1.54) is 105 Å². The lowest BCUT2D eigenvalue weighted by molar-refractivity contribution is 1.18. The molecule has 0 radical (unpaired) electrons. The number of fused-ring (bicyclic) bond motifs is 6. The van der Waals surface area contributed by atoms with Crippen molar-refractivity contribution in [2.75, 3.05) is 0 Å². The van der Waals surface area contributed by atoms with Gasteiger partial charge >= 0.3 is 0 Å². The SMILES string of the molecule is Cc1cc(C)cc(-c2cc(-c3ccccc3)cc(-c3ccc(-n4c5ccccc5c5cc(-c6ccc7c(c6)c6ccccc6n7-c6ccccc6)ccc54)cc3)c2)c1. The summed E-state index contributed by atoms with van der Waals surface area (Å²) in [5.41, 5.74) is 19.4. The fraction of sp³-hybridized carbons (Fsp3) is 0.0357. The van der Waals surface area contributed by atoms with E-state index in [1.807, 2.05) is 0 Å². The van der Waals surface area contributed by atoms with Gasteiger partial charge in [-0.2, -0.15) is 0 Å². The van der Waals surface area contributed by atoms with Gasteiger partial charge in [0.15, 0.2) is 0 Å². The highest BCUT2D eigenvalue weighted by molar-refractivity contribution is 6.12. The van der Waals surface area contributed by atoms with Gasteiger partial charge < -0.3 is 9.13 Å².